The van der Waals surface area contributed by atoms with Crippen molar-refractivity contribution in [2.45, 2.75) is 20.3 Å². The fourth-order valence-corrected chi connectivity index (χ4v) is 2.33. The van der Waals surface area contributed by atoms with Crippen molar-refractivity contribution in [3.05, 3.63) is 24.4 Å². The molecule has 1 aromatic heterocycles. The summed E-state index contributed by atoms with van der Waals surface area (Å²) in [6.07, 6.45) is 2.94. The number of aromatic nitrogens is 1. The fourth-order valence-electron chi connectivity index (χ4n) is 2.33. The predicted octanol–water partition coefficient (Wildman–Crippen LogP) is 1.58. The first-order chi connectivity index (χ1) is 9.85. The molecule has 2 rings (SSSR count). The van der Waals surface area contributed by atoms with Crippen LogP contribution >= 0.6 is 0 Å². The maximum Gasteiger partial charge on any atom is 0.194 e. The molecule has 1 aliphatic heterocycles. The number of anilines is 1. The van der Waals surface area contributed by atoms with Crippen LogP contribution in [0.25, 0.3) is 0 Å². The first-order valence-corrected chi connectivity index (χ1v) is 7.54. The summed E-state index contributed by atoms with van der Waals surface area (Å²) in [5.74, 6) is 2.12. The van der Waals surface area contributed by atoms with E-state index < -0.39 is 0 Å². The molecule has 20 heavy (non-hydrogen) atoms. The van der Waals surface area contributed by atoms with E-state index in [0.29, 0.717) is 0 Å². The summed E-state index contributed by atoms with van der Waals surface area (Å²) in [5, 5.41) is 3.38. The highest BCUT2D eigenvalue weighted by atomic mass is 15.4. The standard InChI is InChI=1S/C15H25N5/c1-3-8-18-15(16-4-2)20-12-10-19(11-13-20)14-7-5-6-9-17-14/h5-7,9H,3-4,8,10-13H2,1-2H3,(H,16,18). The quantitative estimate of drug-likeness (QED) is 0.669. The number of nitrogens with one attached hydrogen (secondary N) is 1. The van der Waals surface area contributed by atoms with Gasteiger partial charge in [-0.15, -0.1) is 0 Å². The number of guanidine groups is 1. The molecular weight excluding hydrogens is 250 g/mol. The molecule has 1 aromatic rings. The normalized spacial score (nSPS) is 16.4. The third-order valence-electron chi connectivity index (χ3n) is 3.37. The van der Waals surface area contributed by atoms with Gasteiger partial charge in [0.25, 0.3) is 0 Å². The molecule has 0 saturated carbocycles. The molecule has 2 heterocycles. The highest BCUT2D eigenvalue weighted by molar-refractivity contribution is 5.80. The molecule has 1 N–H and O–H groups in total. The Morgan fingerprint density at radius 2 is 2.05 bits per heavy atom. The Labute approximate surface area is 121 Å². The Morgan fingerprint density at radius 1 is 1.25 bits per heavy atom. The smallest absolute Gasteiger partial charge is 0.194 e. The van der Waals surface area contributed by atoms with Crippen molar-refractivity contribution in [3.63, 3.8) is 0 Å². The zero-order valence-corrected chi connectivity index (χ0v) is 12.5. The Kier molecular flexibility index (Phi) is 5.65. The molecule has 0 aliphatic carbocycles. The van der Waals surface area contributed by atoms with E-state index in [-0.39, 0.29) is 0 Å². The second-order valence-corrected chi connectivity index (χ2v) is 4.90. The van der Waals surface area contributed by atoms with Gasteiger partial charge in [-0.25, -0.2) is 4.98 Å². The Hall–Kier alpha value is -1.78. The number of piperazine rings is 1. The molecule has 0 radical (unpaired) electrons. The minimum absolute atomic E-state index is 0.892. The van der Waals surface area contributed by atoms with E-state index in [4.69, 9.17) is 0 Å². The van der Waals surface area contributed by atoms with Crippen LogP contribution in [0, 0.1) is 0 Å². The summed E-state index contributed by atoms with van der Waals surface area (Å²) in [7, 11) is 0. The lowest BCUT2D eigenvalue weighted by Gasteiger charge is -2.37. The van der Waals surface area contributed by atoms with E-state index in [1.807, 2.05) is 18.3 Å². The average molecular weight is 275 g/mol. The summed E-state index contributed by atoms with van der Waals surface area (Å²) in [6.45, 7) is 10.1. The van der Waals surface area contributed by atoms with Crippen molar-refractivity contribution >= 4 is 11.8 Å². The summed E-state index contributed by atoms with van der Waals surface area (Å²) in [4.78, 5) is 13.7. The lowest BCUT2D eigenvalue weighted by atomic mass is 10.3. The maximum atomic E-state index is 4.65. The van der Waals surface area contributed by atoms with Crippen LogP contribution in [0.2, 0.25) is 0 Å². The highest BCUT2D eigenvalue weighted by Crippen LogP contribution is 2.12. The van der Waals surface area contributed by atoms with Gasteiger partial charge in [0.15, 0.2) is 5.96 Å². The van der Waals surface area contributed by atoms with E-state index in [9.17, 15) is 0 Å². The number of hydrogen-bond acceptors (Lipinski definition) is 3. The molecule has 110 valence electrons. The first-order valence-electron chi connectivity index (χ1n) is 7.54. The second-order valence-electron chi connectivity index (χ2n) is 4.90. The van der Waals surface area contributed by atoms with E-state index in [0.717, 1.165) is 57.5 Å². The molecule has 0 atom stereocenters. The van der Waals surface area contributed by atoms with Crippen molar-refractivity contribution in [2.24, 2.45) is 4.99 Å². The number of aliphatic imine (C=N–C) groups is 1. The van der Waals surface area contributed by atoms with Crippen LogP contribution in [0.15, 0.2) is 29.4 Å². The summed E-state index contributed by atoms with van der Waals surface area (Å²) >= 11 is 0. The van der Waals surface area contributed by atoms with Gasteiger partial charge >= 0.3 is 0 Å². The largest absolute Gasteiger partial charge is 0.357 e. The third kappa shape index (κ3) is 3.85. The molecular formula is C15H25N5. The maximum absolute atomic E-state index is 4.65. The SMILES string of the molecule is CCCN=C(NCC)N1CCN(c2ccccn2)CC1. The Balaban J connectivity index is 1.92. The van der Waals surface area contributed by atoms with Crippen LogP contribution in [-0.2, 0) is 0 Å². The van der Waals surface area contributed by atoms with Gasteiger partial charge in [-0.2, -0.15) is 0 Å². The molecule has 0 bridgehead atoms. The van der Waals surface area contributed by atoms with E-state index >= 15 is 0 Å². The van der Waals surface area contributed by atoms with Crippen LogP contribution in [0.5, 0.6) is 0 Å². The van der Waals surface area contributed by atoms with Crippen molar-refractivity contribution in [1.29, 1.82) is 0 Å². The van der Waals surface area contributed by atoms with Crippen molar-refractivity contribution < 1.29 is 0 Å². The predicted molar refractivity (Wildman–Crippen MR) is 84.3 cm³/mol. The van der Waals surface area contributed by atoms with E-state index in [1.54, 1.807) is 0 Å². The van der Waals surface area contributed by atoms with Crippen LogP contribution in [0.3, 0.4) is 0 Å². The molecule has 0 spiro atoms. The molecule has 1 fully saturated rings. The van der Waals surface area contributed by atoms with Crippen molar-refractivity contribution in [3.8, 4) is 0 Å². The molecule has 1 saturated heterocycles. The van der Waals surface area contributed by atoms with Gasteiger partial charge in [-0.3, -0.25) is 4.99 Å². The Morgan fingerprint density at radius 3 is 2.65 bits per heavy atom. The lowest BCUT2D eigenvalue weighted by molar-refractivity contribution is 0.371. The number of pyridine rings is 1. The number of rotatable bonds is 4. The monoisotopic (exact) mass is 275 g/mol. The third-order valence-corrected chi connectivity index (χ3v) is 3.37. The summed E-state index contributed by atoms with van der Waals surface area (Å²) in [5.41, 5.74) is 0. The van der Waals surface area contributed by atoms with Crippen molar-refractivity contribution in [1.82, 2.24) is 15.2 Å². The average Bonchev–Trinajstić information content (AvgIpc) is 2.52. The zero-order valence-electron chi connectivity index (χ0n) is 12.5. The molecule has 0 amide bonds. The van der Waals surface area contributed by atoms with Crippen molar-refractivity contribution in [2.75, 3.05) is 44.2 Å². The van der Waals surface area contributed by atoms with Gasteiger partial charge in [0.2, 0.25) is 0 Å². The fraction of sp³-hybridized carbons (Fsp3) is 0.600. The van der Waals surface area contributed by atoms with Crippen LogP contribution in [-0.4, -0.2) is 55.1 Å². The van der Waals surface area contributed by atoms with Gasteiger partial charge in [0, 0.05) is 45.5 Å². The molecule has 0 aromatic carbocycles. The Bertz CT molecular complexity index is 410. The van der Waals surface area contributed by atoms with Crippen LogP contribution in [0.1, 0.15) is 20.3 Å². The molecule has 5 heteroatoms. The van der Waals surface area contributed by atoms with Gasteiger partial charge in [0.05, 0.1) is 0 Å². The van der Waals surface area contributed by atoms with E-state index in [2.05, 4.69) is 45.0 Å². The topological polar surface area (TPSA) is 43.8 Å². The number of hydrogen-bond donors (Lipinski definition) is 1. The highest BCUT2D eigenvalue weighted by Gasteiger charge is 2.19. The number of nitrogens with zero attached hydrogens (tertiary/aromatic N) is 4. The van der Waals surface area contributed by atoms with E-state index in [1.165, 1.54) is 0 Å². The minimum Gasteiger partial charge on any atom is -0.357 e. The molecule has 5 nitrogen and oxygen atoms in total. The summed E-state index contributed by atoms with van der Waals surface area (Å²) < 4.78 is 0. The second kappa shape index (κ2) is 7.72. The zero-order chi connectivity index (χ0) is 14.2. The summed E-state index contributed by atoms with van der Waals surface area (Å²) in [6, 6.07) is 6.08. The minimum atomic E-state index is 0.892. The molecule has 0 unspecified atom stereocenters. The lowest BCUT2D eigenvalue weighted by Crippen LogP contribution is -2.52. The first kappa shape index (κ1) is 14.6. The van der Waals surface area contributed by atoms with Crippen LogP contribution in [0.4, 0.5) is 5.82 Å². The van der Waals surface area contributed by atoms with Crippen LogP contribution < -0.4 is 10.2 Å². The van der Waals surface area contributed by atoms with Gasteiger partial charge < -0.3 is 15.1 Å². The van der Waals surface area contributed by atoms with Gasteiger partial charge in [-0.1, -0.05) is 13.0 Å². The van der Waals surface area contributed by atoms with Gasteiger partial charge in [0.1, 0.15) is 5.82 Å². The molecule has 1 aliphatic rings. The van der Waals surface area contributed by atoms with Gasteiger partial charge in [-0.05, 0) is 25.5 Å².